The normalized spacial score (nSPS) is 22.0. The lowest BCUT2D eigenvalue weighted by Gasteiger charge is -2.30. The zero-order valence-electron chi connectivity index (χ0n) is 15.9. The Balaban J connectivity index is 1.99. The quantitative estimate of drug-likeness (QED) is 0.716. The highest BCUT2D eigenvalue weighted by Gasteiger charge is 2.40. The Morgan fingerprint density at radius 2 is 1.78 bits per heavy atom. The average Bonchev–Trinajstić information content (AvgIpc) is 2.90. The molecule has 2 fully saturated rings. The molecule has 0 bridgehead atoms. The number of aryl methyl sites for hydroxylation is 1. The summed E-state index contributed by atoms with van der Waals surface area (Å²) in [6, 6.07) is 6.61. The summed E-state index contributed by atoms with van der Waals surface area (Å²) in [7, 11) is -0.200. The number of amidine groups is 1. The third kappa shape index (κ3) is 4.55. The van der Waals surface area contributed by atoms with Crippen LogP contribution in [0.2, 0.25) is 0 Å². The summed E-state index contributed by atoms with van der Waals surface area (Å²) in [6.07, 6.45) is 6.73. The molecule has 8 heteroatoms. The Bertz CT molecular complexity index is 868. The van der Waals surface area contributed by atoms with Gasteiger partial charge in [0.2, 0.25) is 0 Å². The SMILES string of the molecule is Cc1ccc(S(=O)(=O)N=C2S/C(=C\N(C)C)C(=O)N2C2CCCCC2)cc1. The number of sulfonamides is 1. The molecule has 1 heterocycles. The van der Waals surface area contributed by atoms with E-state index in [0.717, 1.165) is 49.4 Å². The maximum absolute atomic E-state index is 13.0. The highest BCUT2D eigenvalue weighted by molar-refractivity contribution is 8.19. The van der Waals surface area contributed by atoms with Crippen molar-refractivity contribution in [2.45, 2.75) is 50.0 Å². The van der Waals surface area contributed by atoms with Gasteiger partial charge in [0.05, 0.1) is 9.80 Å². The van der Waals surface area contributed by atoms with E-state index < -0.39 is 10.0 Å². The Hall–Kier alpha value is -1.80. The van der Waals surface area contributed by atoms with Gasteiger partial charge in [-0.3, -0.25) is 9.69 Å². The first-order valence-corrected chi connectivity index (χ1v) is 11.3. The van der Waals surface area contributed by atoms with E-state index in [1.165, 1.54) is 0 Å². The Kier molecular flexibility index (Phi) is 5.95. The molecule has 1 aliphatic carbocycles. The van der Waals surface area contributed by atoms with Crippen molar-refractivity contribution in [3.63, 3.8) is 0 Å². The van der Waals surface area contributed by atoms with Gasteiger partial charge in [0, 0.05) is 26.3 Å². The number of benzene rings is 1. The van der Waals surface area contributed by atoms with Crippen LogP contribution in [0.1, 0.15) is 37.7 Å². The number of amides is 1. The monoisotopic (exact) mass is 407 g/mol. The number of thioether (sulfide) groups is 1. The fourth-order valence-electron chi connectivity index (χ4n) is 3.30. The molecule has 0 N–H and O–H groups in total. The molecule has 0 unspecified atom stereocenters. The van der Waals surface area contributed by atoms with Gasteiger partial charge in [-0.2, -0.15) is 8.42 Å². The van der Waals surface area contributed by atoms with E-state index in [2.05, 4.69) is 4.40 Å². The smallest absolute Gasteiger partial charge is 0.284 e. The van der Waals surface area contributed by atoms with E-state index in [4.69, 9.17) is 0 Å². The van der Waals surface area contributed by atoms with Crippen LogP contribution in [-0.4, -0.2) is 49.4 Å². The standard InChI is InChI=1S/C19H25N3O3S2/c1-14-9-11-16(12-10-14)27(24,25)20-19-22(15-7-5-4-6-8-15)18(23)17(26-19)13-21(2)3/h9-13,15H,4-8H2,1-3H3/b17-13-,20-19?. The van der Waals surface area contributed by atoms with Gasteiger partial charge in [0.25, 0.3) is 15.9 Å². The molecular weight excluding hydrogens is 382 g/mol. The maximum atomic E-state index is 13.0. The van der Waals surface area contributed by atoms with E-state index in [9.17, 15) is 13.2 Å². The minimum atomic E-state index is -3.87. The molecule has 0 aromatic heterocycles. The van der Waals surface area contributed by atoms with Crippen molar-refractivity contribution in [3.05, 3.63) is 40.9 Å². The first kappa shape index (κ1) is 19.9. The predicted molar refractivity (Wildman–Crippen MR) is 109 cm³/mol. The molecule has 0 spiro atoms. The minimum Gasteiger partial charge on any atom is -0.382 e. The Morgan fingerprint density at radius 1 is 1.15 bits per heavy atom. The van der Waals surface area contributed by atoms with Crippen LogP contribution in [0.25, 0.3) is 0 Å². The van der Waals surface area contributed by atoms with Crippen molar-refractivity contribution in [2.75, 3.05) is 14.1 Å². The van der Waals surface area contributed by atoms with Crippen LogP contribution in [0.3, 0.4) is 0 Å². The van der Waals surface area contributed by atoms with Crippen LogP contribution < -0.4 is 0 Å². The molecule has 1 amide bonds. The number of rotatable bonds is 4. The number of carbonyl (C=O) groups is 1. The summed E-state index contributed by atoms with van der Waals surface area (Å²) in [5, 5.41) is 0.264. The molecular formula is C19H25N3O3S2. The highest BCUT2D eigenvalue weighted by Crippen LogP contribution is 2.37. The van der Waals surface area contributed by atoms with E-state index in [1.807, 2.05) is 21.0 Å². The van der Waals surface area contributed by atoms with Crippen LogP contribution >= 0.6 is 11.8 Å². The largest absolute Gasteiger partial charge is 0.382 e. The minimum absolute atomic E-state index is 0.0128. The van der Waals surface area contributed by atoms with Crippen molar-refractivity contribution < 1.29 is 13.2 Å². The summed E-state index contributed by atoms with van der Waals surface area (Å²) in [5.41, 5.74) is 0.979. The van der Waals surface area contributed by atoms with E-state index >= 15 is 0 Å². The molecule has 6 nitrogen and oxygen atoms in total. The van der Waals surface area contributed by atoms with Crippen molar-refractivity contribution in [1.29, 1.82) is 0 Å². The van der Waals surface area contributed by atoms with Crippen LogP contribution in [0.5, 0.6) is 0 Å². The van der Waals surface area contributed by atoms with Crippen LogP contribution in [0, 0.1) is 6.92 Å². The van der Waals surface area contributed by atoms with Crippen molar-refractivity contribution in [3.8, 4) is 0 Å². The average molecular weight is 408 g/mol. The molecule has 1 aromatic carbocycles. The van der Waals surface area contributed by atoms with E-state index in [0.29, 0.717) is 4.91 Å². The van der Waals surface area contributed by atoms with Crippen molar-refractivity contribution >= 4 is 32.9 Å². The summed E-state index contributed by atoms with van der Waals surface area (Å²) < 4.78 is 29.7. The first-order chi connectivity index (χ1) is 12.8. The van der Waals surface area contributed by atoms with Gasteiger partial charge < -0.3 is 4.90 Å². The summed E-state index contributed by atoms with van der Waals surface area (Å²) in [4.78, 5) is 17.0. The zero-order chi connectivity index (χ0) is 19.6. The second-order valence-electron chi connectivity index (χ2n) is 7.19. The number of nitrogens with zero attached hydrogens (tertiary/aromatic N) is 3. The van der Waals surface area contributed by atoms with Gasteiger partial charge >= 0.3 is 0 Å². The van der Waals surface area contributed by atoms with Crippen LogP contribution in [-0.2, 0) is 14.8 Å². The molecule has 1 aromatic rings. The Labute approximate surface area is 165 Å². The second kappa shape index (κ2) is 8.06. The summed E-state index contributed by atoms with van der Waals surface area (Å²) in [5.74, 6) is -0.154. The lowest BCUT2D eigenvalue weighted by molar-refractivity contribution is -0.124. The number of hydrogen-bond donors (Lipinski definition) is 0. The van der Waals surface area contributed by atoms with Crippen LogP contribution in [0.4, 0.5) is 0 Å². The number of carbonyl (C=O) groups excluding carboxylic acids is 1. The predicted octanol–water partition coefficient (Wildman–Crippen LogP) is 3.35. The van der Waals surface area contributed by atoms with E-state index in [1.54, 1.807) is 40.3 Å². The highest BCUT2D eigenvalue weighted by atomic mass is 32.2. The van der Waals surface area contributed by atoms with Gasteiger partial charge in [-0.15, -0.1) is 4.40 Å². The van der Waals surface area contributed by atoms with Crippen molar-refractivity contribution in [1.82, 2.24) is 9.80 Å². The van der Waals surface area contributed by atoms with Gasteiger partial charge in [-0.05, 0) is 43.7 Å². The van der Waals surface area contributed by atoms with Gasteiger partial charge in [0.1, 0.15) is 0 Å². The first-order valence-electron chi connectivity index (χ1n) is 9.09. The van der Waals surface area contributed by atoms with Crippen molar-refractivity contribution in [2.24, 2.45) is 4.40 Å². The van der Waals surface area contributed by atoms with Gasteiger partial charge in [-0.1, -0.05) is 37.0 Å². The maximum Gasteiger partial charge on any atom is 0.284 e. The zero-order valence-corrected chi connectivity index (χ0v) is 17.5. The molecule has 1 saturated carbocycles. The fourth-order valence-corrected chi connectivity index (χ4v) is 5.60. The molecule has 1 saturated heterocycles. The molecule has 27 heavy (non-hydrogen) atoms. The third-order valence-electron chi connectivity index (χ3n) is 4.67. The van der Waals surface area contributed by atoms with Gasteiger partial charge in [0.15, 0.2) is 5.17 Å². The third-order valence-corrected chi connectivity index (χ3v) is 7.04. The van der Waals surface area contributed by atoms with Gasteiger partial charge in [-0.25, -0.2) is 0 Å². The summed E-state index contributed by atoms with van der Waals surface area (Å²) in [6.45, 7) is 1.90. The second-order valence-corrected chi connectivity index (χ2v) is 9.80. The lowest BCUT2D eigenvalue weighted by atomic mass is 9.94. The number of hydrogen-bond acceptors (Lipinski definition) is 5. The Morgan fingerprint density at radius 3 is 2.37 bits per heavy atom. The van der Waals surface area contributed by atoms with E-state index in [-0.39, 0.29) is 22.0 Å². The molecule has 3 rings (SSSR count). The summed E-state index contributed by atoms with van der Waals surface area (Å²) >= 11 is 1.14. The molecule has 146 valence electrons. The molecule has 2 aliphatic rings. The molecule has 0 radical (unpaired) electrons. The fraction of sp³-hybridized carbons (Fsp3) is 0.474. The molecule has 1 aliphatic heterocycles. The van der Waals surface area contributed by atoms with Crippen LogP contribution in [0.15, 0.2) is 44.7 Å². The lowest BCUT2D eigenvalue weighted by Crippen LogP contribution is -2.40. The topological polar surface area (TPSA) is 70.0 Å². The molecule has 0 atom stereocenters.